The second-order valence-electron chi connectivity index (χ2n) is 7.67. The molecular weight excluding hydrogens is 530 g/mol. The van der Waals surface area contributed by atoms with E-state index in [1.165, 1.54) is 0 Å². The van der Waals surface area contributed by atoms with Crippen LogP contribution in [0.25, 0.3) is 11.2 Å². The van der Waals surface area contributed by atoms with E-state index in [4.69, 9.17) is 4.98 Å². The third kappa shape index (κ3) is 3.70. The summed E-state index contributed by atoms with van der Waals surface area (Å²) in [6.45, 7) is 4.61. The van der Waals surface area contributed by atoms with E-state index in [1.807, 2.05) is 31.2 Å². The van der Waals surface area contributed by atoms with Crippen LogP contribution in [-0.4, -0.2) is 26.9 Å². The van der Waals surface area contributed by atoms with Crippen LogP contribution in [0.5, 0.6) is 0 Å². The molecule has 32 heavy (non-hydrogen) atoms. The summed E-state index contributed by atoms with van der Waals surface area (Å²) in [6.07, 6.45) is -0.293. The van der Waals surface area contributed by atoms with Gasteiger partial charge in [-0.05, 0) is 58.7 Å². The smallest absolute Gasteiger partial charge is 0.308 e. The van der Waals surface area contributed by atoms with E-state index in [0.29, 0.717) is 12.1 Å². The molecule has 0 fully saturated rings. The first-order valence-corrected chi connectivity index (χ1v) is 11.1. The highest BCUT2D eigenvalue weighted by Crippen LogP contribution is 2.46. The maximum absolute atomic E-state index is 13.3. The lowest BCUT2D eigenvalue weighted by atomic mass is 9.91. The van der Waals surface area contributed by atoms with Crippen LogP contribution < -0.4 is 0 Å². The van der Waals surface area contributed by atoms with Gasteiger partial charge in [0.25, 0.3) is 0 Å². The first-order valence-electron chi connectivity index (χ1n) is 10.1. The van der Waals surface area contributed by atoms with Gasteiger partial charge in [-0.1, -0.05) is 31.2 Å². The van der Waals surface area contributed by atoms with Crippen LogP contribution >= 0.6 is 22.6 Å². The fourth-order valence-corrected chi connectivity index (χ4v) is 4.83. The lowest BCUT2D eigenvalue weighted by molar-refractivity contribution is -0.0857. The van der Waals surface area contributed by atoms with Gasteiger partial charge >= 0.3 is 6.18 Å². The Kier molecular flexibility index (Phi) is 5.83. The van der Waals surface area contributed by atoms with Crippen molar-refractivity contribution in [1.82, 2.24) is 14.5 Å². The van der Waals surface area contributed by atoms with Crippen molar-refractivity contribution in [3.8, 4) is 6.07 Å². The summed E-state index contributed by atoms with van der Waals surface area (Å²) in [5.41, 5.74) is 1.52. The van der Waals surface area contributed by atoms with Crippen molar-refractivity contribution in [1.29, 1.82) is 5.26 Å². The largest absolute Gasteiger partial charge is 0.418 e. The third-order valence-corrected chi connectivity index (χ3v) is 6.87. The average molecular weight is 549 g/mol. The highest BCUT2D eigenvalue weighted by atomic mass is 127. The predicted molar refractivity (Wildman–Crippen MR) is 125 cm³/mol. The molecular formula is C23H19F3IN5. The maximum Gasteiger partial charge on any atom is 0.418 e. The van der Waals surface area contributed by atoms with Gasteiger partial charge in [0, 0.05) is 18.8 Å². The molecule has 0 aliphatic carbocycles. The number of nitriles is 1. The zero-order valence-corrected chi connectivity index (χ0v) is 19.6. The number of benzene rings is 1. The minimum atomic E-state index is -4.55. The zero-order chi connectivity index (χ0) is 23.1. The number of rotatable bonds is 5. The quantitative estimate of drug-likeness (QED) is 0.379. The first-order chi connectivity index (χ1) is 15.2. The lowest BCUT2D eigenvalue weighted by Gasteiger charge is -2.20. The Bertz CT molecular complexity index is 1280. The van der Waals surface area contributed by atoms with Crippen molar-refractivity contribution in [2.24, 2.45) is 4.99 Å². The predicted octanol–water partition coefficient (Wildman–Crippen LogP) is 5.80. The highest BCUT2D eigenvalue weighted by molar-refractivity contribution is 14.1. The Hall–Kier alpha value is -2.74. The van der Waals surface area contributed by atoms with E-state index < -0.39 is 17.3 Å². The Balaban J connectivity index is 1.70. The number of pyridine rings is 1. The number of hydrogen-bond donors (Lipinski definition) is 0. The molecule has 1 aliphatic rings. The number of aliphatic imine (C=N–C) groups is 1. The van der Waals surface area contributed by atoms with Gasteiger partial charge in [-0.25, -0.2) is 9.97 Å². The molecule has 164 valence electrons. The van der Waals surface area contributed by atoms with Crippen molar-refractivity contribution in [3.63, 3.8) is 0 Å². The van der Waals surface area contributed by atoms with Crippen LogP contribution in [-0.2, 0) is 18.5 Å². The Morgan fingerprint density at radius 1 is 1.19 bits per heavy atom. The van der Waals surface area contributed by atoms with Crippen LogP contribution in [0.3, 0.4) is 0 Å². The maximum atomic E-state index is 13.3. The first kappa shape index (κ1) is 22.5. The van der Waals surface area contributed by atoms with Crippen LogP contribution in [0.1, 0.15) is 35.9 Å². The minimum Gasteiger partial charge on any atom is -0.308 e. The van der Waals surface area contributed by atoms with E-state index >= 15 is 0 Å². The van der Waals surface area contributed by atoms with Gasteiger partial charge in [-0.15, -0.1) is 0 Å². The Morgan fingerprint density at radius 3 is 2.50 bits per heavy atom. The van der Waals surface area contributed by atoms with Gasteiger partial charge in [-0.3, -0.25) is 4.99 Å². The monoisotopic (exact) mass is 549 g/mol. The SMILES string of the molecule is CCCc1nc2c(C)ccnc2n1Cc1ccc(C2(C#N)N=CC(C(F)(F)F)=C2I)cc1. The normalized spacial score (nSPS) is 18.5. The van der Waals surface area contributed by atoms with E-state index in [9.17, 15) is 18.4 Å². The van der Waals surface area contributed by atoms with Crippen molar-refractivity contribution >= 4 is 40.0 Å². The summed E-state index contributed by atoms with van der Waals surface area (Å²) in [7, 11) is 0. The summed E-state index contributed by atoms with van der Waals surface area (Å²) >= 11 is 1.58. The van der Waals surface area contributed by atoms with Gasteiger partial charge in [-0.2, -0.15) is 18.4 Å². The molecule has 1 aromatic carbocycles. The fourth-order valence-electron chi connectivity index (χ4n) is 3.81. The number of fused-ring (bicyclic) bond motifs is 1. The number of aryl methyl sites for hydroxylation is 2. The number of aromatic nitrogens is 3. The van der Waals surface area contributed by atoms with Crippen molar-refractivity contribution in [3.05, 3.63) is 68.2 Å². The Morgan fingerprint density at radius 2 is 1.91 bits per heavy atom. The summed E-state index contributed by atoms with van der Waals surface area (Å²) < 4.78 is 41.7. The molecule has 2 aromatic heterocycles. The van der Waals surface area contributed by atoms with Gasteiger partial charge in [0.05, 0.1) is 15.7 Å². The molecule has 0 saturated heterocycles. The fraction of sp³-hybridized carbons (Fsp3) is 0.304. The number of imidazole rings is 1. The van der Waals surface area contributed by atoms with Crippen LogP contribution in [0, 0.1) is 18.3 Å². The summed E-state index contributed by atoms with van der Waals surface area (Å²) in [5.74, 6) is 0.939. The van der Waals surface area contributed by atoms with Gasteiger partial charge in [0.1, 0.15) is 17.4 Å². The summed E-state index contributed by atoms with van der Waals surface area (Å²) in [6, 6.07) is 10.9. The molecule has 0 radical (unpaired) electrons. The van der Waals surface area contributed by atoms with E-state index in [2.05, 4.69) is 21.5 Å². The second kappa shape index (κ2) is 8.31. The molecule has 0 N–H and O–H groups in total. The molecule has 0 saturated carbocycles. The molecule has 1 atom stereocenters. The molecule has 5 nitrogen and oxygen atoms in total. The van der Waals surface area contributed by atoms with Crippen LogP contribution in [0.15, 0.2) is 50.7 Å². The second-order valence-corrected chi connectivity index (χ2v) is 8.75. The van der Waals surface area contributed by atoms with Gasteiger partial charge < -0.3 is 4.57 Å². The molecule has 3 heterocycles. The van der Waals surface area contributed by atoms with Crippen LogP contribution in [0.2, 0.25) is 0 Å². The van der Waals surface area contributed by atoms with Gasteiger partial charge in [0.2, 0.25) is 5.54 Å². The van der Waals surface area contributed by atoms with Crippen molar-refractivity contribution < 1.29 is 13.2 Å². The molecule has 0 spiro atoms. The van der Waals surface area contributed by atoms with Crippen molar-refractivity contribution in [2.45, 2.75) is 44.9 Å². The molecule has 0 bridgehead atoms. The van der Waals surface area contributed by atoms with E-state index in [1.54, 1.807) is 40.9 Å². The van der Waals surface area contributed by atoms with E-state index in [0.717, 1.165) is 47.2 Å². The Labute approximate surface area is 196 Å². The number of alkyl halides is 3. The van der Waals surface area contributed by atoms with E-state index in [-0.39, 0.29) is 3.58 Å². The highest BCUT2D eigenvalue weighted by Gasteiger charge is 2.47. The standard InChI is InChI=1S/C23H19F3IN5/c1-3-4-18-31-19-14(2)9-10-29-21(19)32(18)12-15-5-7-16(8-6-15)22(13-28)20(27)17(11-30-22)23(24,25)26/h5-11H,3-4,12H2,1-2H3. The number of halogens is 4. The molecule has 3 aromatic rings. The molecule has 9 heteroatoms. The van der Waals surface area contributed by atoms with Crippen molar-refractivity contribution in [2.75, 3.05) is 0 Å². The lowest BCUT2D eigenvalue weighted by Crippen LogP contribution is -2.21. The average Bonchev–Trinajstić information content (AvgIpc) is 3.28. The summed E-state index contributed by atoms with van der Waals surface area (Å²) in [4.78, 5) is 13.2. The molecule has 0 amide bonds. The topological polar surface area (TPSA) is 66.9 Å². The number of allylic oxidation sites excluding steroid dienone is 1. The molecule has 1 aliphatic heterocycles. The molecule has 1 unspecified atom stereocenters. The molecule has 4 rings (SSSR count). The number of hydrogen-bond acceptors (Lipinski definition) is 4. The zero-order valence-electron chi connectivity index (χ0n) is 17.4. The summed E-state index contributed by atoms with van der Waals surface area (Å²) in [5, 5.41) is 9.75. The van der Waals surface area contributed by atoms with Gasteiger partial charge in [0.15, 0.2) is 5.65 Å². The minimum absolute atomic E-state index is 0.136. The third-order valence-electron chi connectivity index (χ3n) is 5.51. The number of nitrogens with zero attached hydrogens (tertiary/aromatic N) is 5. The van der Waals surface area contributed by atoms with Crippen LogP contribution in [0.4, 0.5) is 13.2 Å².